The van der Waals surface area contributed by atoms with Gasteiger partial charge < -0.3 is 10.2 Å². The number of hydrogen-bond donors (Lipinski definition) is 1. The molecule has 1 N–H and O–H groups in total. The molecule has 2 aromatic rings. The molecular weight excluding hydrogens is 274 g/mol. The monoisotopic (exact) mass is 291 g/mol. The zero-order chi connectivity index (χ0) is 14.4. The van der Waals surface area contributed by atoms with Crippen molar-refractivity contribution in [2.75, 3.05) is 23.8 Å². The molecule has 0 saturated carbocycles. The lowest BCUT2D eigenvalue weighted by molar-refractivity contribution is 0.882. The van der Waals surface area contributed by atoms with E-state index < -0.39 is 0 Å². The minimum absolute atomic E-state index is 0.545. The number of nitrogens with zero attached hydrogens (tertiary/aromatic N) is 4. The van der Waals surface area contributed by atoms with E-state index in [1.54, 1.807) is 18.6 Å². The highest BCUT2D eigenvalue weighted by Gasteiger charge is 2.10. The summed E-state index contributed by atoms with van der Waals surface area (Å²) in [6, 6.07) is 3.95. The van der Waals surface area contributed by atoms with Crippen molar-refractivity contribution in [1.29, 1.82) is 0 Å². The van der Waals surface area contributed by atoms with E-state index in [1.807, 2.05) is 24.1 Å². The third-order valence-electron chi connectivity index (χ3n) is 2.79. The van der Waals surface area contributed by atoms with Crippen LogP contribution in [0, 0.1) is 0 Å². The van der Waals surface area contributed by atoms with Gasteiger partial charge in [0.1, 0.15) is 5.02 Å². The minimum Gasteiger partial charge on any atom is -0.354 e. The van der Waals surface area contributed by atoms with Crippen molar-refractivity contribution in [2.45, 2.75) is 19.9 Å². The fourth-order valence-electron chi connectivity index (χ4n) is 1.78. The molecule has 0 unspecified atom stereocenters. The van der Waals surface area contributed by atoms with Gasteiger partial charge in [0.05, 0.1) is 6.20 Å². The van der Waals surface area contributed by atoms with Crippen LogP contribution in [0.25, 0.3) is 0 Å². The van der Waals surface area contributed by atoms with Crippen LogP contribution in [0.2, 0.25) is 5.02 Å². The Kier molecular flexibility index (Phi) is 5.12. The number of anilines is 2. The van der Waals surface area contributed by atoms with Crippen LogP contribution in [-0.4, -0.2) is 28.5 Å². The third-order valence-corrected chi connectivity index (χ3v) is 3.06. The molecule has 6 heteroatoms. The smallest absolute Gasteiger partial charge is 0.224 e. The van der Waals surface area contributed by atoms with Gasteiger partial charge in [-0.15, -0.1) is 0 Å². The van der Waals surface area contributed by atoms with Crippen molar-refractivity contribution < 1.29 is 0 Å². The highest BCUT2D eigenvalue weighted by atomic mass is 35.5. The predicted octanol–water partition coefficient (Wildman–Crippen LogP) is 2.98. The Morgan fingerprint density at radius 1 is 1.30 bits per heavy atom. The largest absolute Gasteiger partial charge is 0.354 e. The quantitative estimate of drug-likeness (QED) is 0.887. The molecule has 2 aromatic heterocycles. The van der Waals surface area contributed by atoms with Crippen LogP contribution in [0.4, 0.5) is 11.8 Å². The lowest BCUT2D eigenvalue weighted by Gasteiger charge is -2.19. The van der Waals surface area contributed by atoms with Crippen LogP contribution < -0.4 is 10.2 Å². The molecule has 0 bridgehead atoms. The van der Waals surface area contributed by atoms with Gasteiger partial charge in [0.2, 0.25) is 5.95 Å². The van der Waals surface area contributed by atoms with E-state index in [1.165, 1.54) is 0 Å². The third kappa shape index (κ3) is 3.81. The van der Waals surface area contributed by atoms with E-state index in [0.717, 1.165) is 24.3 Å². The van der Waals surface area contributed by atoms with Crippen LogP contribution in [0.3, 0.4) is 0 Å². The van der Waals surface area contributed by atoms with E-state index in [2.05, 4.69) is 27.2 Å². The van der Waals surface area contributed by atoms with Crippen LogP contribution in [0.5, 0.6) is 0 Å². The standard InChI is InChI=1S/C14H18ClN5/c1-3-6-17-14-18-9-12(15)13(19-14)20(2)10-11-4-7-16-8-5-11/h4-5,7-9H,3,6,10H2,1-2H3,(H,17,18,19). The second-order valence-electron chi connectivity index (χ2n) is 4.50. The van der Waals surface area contributed by atoms with Gasteiger partial charge in [-0.05, 0) is 24.1 Å². The molecule has 0 saturated heterocycles. The summed E-state index contributed by atoms with van der Waals surface area (Å²) in [6.07, 6.45) is 6.21. The number of halogens is 1. The molecule has 0 amide bonds. The van der Waals surface area contributed by atoms with Crippen molar-refractivity contribution >= 4 is 23.4 Å². The Balaban J connectivity index is 2.13. The molecule has 0 aliphatic rings. The van der Waals surface area contributed by atoms with Crippen LogP contribution in [-0.2, 0) is 6.54 Å². The topological polar surface area (TPSA) is 53.9 Å². The first-order valence-electron chi connectivity index (χ1n) is 6.57. The second kappa shape index (κ2) is 7.05. The Hall–Kier alpha value is -1.88. The van der Waals surface area contributed by atoms with E-state index in [0.29, 0.717) is 17.5 Å². The first kappa shape index (κ1) is 14.5. The van der Waals surface area contributed by atoms with Gasteiger partial charge in [-0.1, -0.05) is 18.5 Å². The normalized spacial score (nSPS) is 10.3. The molecule has 0 spiro atoms. The van der Waals surface area contributed by atoms with Crippen molar-refractivity contribution in [3.8, 4) is 0 Å². The maximum atomic E-state index is 6.18. The number of aromatic nitrogens is 3. The molecular formula is C14H18ClN5. The lowest BCUT2D eigenvalue weighted by Crippen LogP contribution is -2.19. The zero-order valence-corrected chi connectivity index (χ0v) is 12.4. The zero-order valence-electron chi connectivity index (χ0n) is 11.7. The summed E-state index contributed by atoms with van der Waals surface area (Å²) in [4.78, 5) is 14.6. The molecule has 0 aliphatic carbocycles. The van der Waals surface area contributed by atoms with Gasteiger partial charge in [0.25, 0.3) is 0 Å². The van der Waals surface area contributed by atoms with Gasteiger partial charge in [-0.3, -0.25) is 4.98 Å². The molecule has 0 aliphatic heterocycles. The highest BCUT2D eigenvalue weighted by molar-refractivity contribution is 6.32. The van der Waals surface area contributed by atoms with E-state index in [9.17, 15) is 0 Å². The fraction of sp³-hybridized carbons (Fsp3) is 0.357. The SMILES string of the molecule is CCCNc1ncc(Cl)c(N(C)Cc2ccncc2)n1. The maximum Gasteiger partial charge on any atom is 0.224 e. The molecule has 5 nitrogen and oxygen atoms in total. The Bertz CT molecular complexity index is 547. The summed E-state index contributed by atoms with van der Waals surface area (Å²) >= 11 is 6.18. The average molecular weight is 292 g/mol. The van der Waals surface area contributed by atoms with Crippen LogP contribution in [0.1, 0.15) is 18.9 Å². The van der Waals surface area contributed by atoms with E-state index in [-0.39, 0.29) is 0 Å². The summed E-state index contributed by atoms with van der Waals surface area (Å²) in [5.41, 5.74) is 1.15. The van der Waals surface area contributed by atoms with Gasteiger partial charge >= 0.3 is 0 Å². The number of nitrogens with one attached hydrogen (secondary N) is 1. The molecule has 2 heterocycles. The molecule has 0 radical (unpaired) electrons. The second-order valence-corrected chi connectivity index (χ2v) is 4.91. The van der Waals surface area contributed by atoms with E-state index >= 15 is 0 Å². The molecule has 0 aromatic carbocycles. The van der Waals surface area contributed by atoms with Crippen molar-refractivity contribution in [3.63, 3.8) is 0 Å². The molecule has 2 rings (SSSR count). The lowest BCUT2D eigenvalue weighted by atomic mass is 10.2. The summed E-state index contributed by atoms with van der Waals surface area (Å²) in [6.45, 7) is 3.65. The van der Waals surface area contributed by atoms with Crippen LogP contribution >= 0.6 is 11.6 Å². The Labute approximate surface area is 124 Å². The summed E-state index contributed by atoms with van der Waals surface area (Å²) in [5.74, 6) is 1.32. The summed E-state index contributed by atoms with van der Waals surface area (Å²) in [7, 11) is 1.96. The number of hydrogen-bond acceptors (Lipinski definition) is 5. The van der Waals surface area contributed by atoms with Gasteiger partial charge in [-0.25, -0.2) is 4.98 Å². The van der Waals surface area contributed by atoms with E-state index in [4.69, 9.17) is 11.6 Å². The first-order valence-corrected chi connectivity index (χ1v) is 6.95. The molecule has 0 fully saturated rings. The minimum atomic E-state index is 0.545. The summed E-state index contributed by atoms with van der Waals surface area (Å²) in [5, 5.41) is 3.71. The van der Waals surface area contributed by atoms with Crippen LogP contribution in [0.15, 0.2) is 30.7 Å². The predicted molar refractivity (Wildman–Crippen MR) is 82.2 cm³/mol. The Morgan fingerprint density at radius 2 is 2.05 bits per heavy atom. The van der Waals surface area contributed by atoms with Crippen molar-refractivity contribution in [3.05, 3.63) is 41.3 Å². The van der Waals surface area contributed by atoms with Gasteiger partial charge in [-0.2, -0.15) is 4.98 Å². The molecule has 20 heavy (non-hydrogen) atoms. The van der Waals surface area contributed by atoms with Gasteiger partial charge in [0, 0.05) is 32.5 Å². The maximum absolute atomic E-state index is 6.18. The van der Waals surface area contributed by atoms with Crippen molar-refractivity contribution in [2.24, 2.45) is 0 Å². The number of rotatable bonds is 6. The van der Waals surface area contributed by atoms with Gasteiger partial charge in [0.15, 0.2) is 5.82 Å². The first-order chi connectivity index (χ1) is 9.70. The van der Waals surface area contributed by atoms with Crippen molar-refractivity contribution in [1.82, 2.24) is 15.0 Å². The fourth-order valence-corrected chi connectivity index (χ4v) is 2.02. The average Bonchev–Trinajstić information content (AvgIpc) is 2.47. The number of pyridine rings is 1. The Morgan fingerprint density at radius 3 is 2.75 bits per heavy atom. The molecule has 0 atom stereocenters. The summed E-state index contributed by atoms with van der Waals surface area (Å²) < 4.78 is 0. The molecule has 106 valence electrons. The highest BCUT2D eigenvalue weighted by Crippen LogP contribution is 2.23.